The van der Waals surface area contributed by atoms with Gasteiger partial charge in [0.15, 0.2) is 6.61 Å². The maximum absolute atomic E-state index is 12.2. The Bertz CT molecular complexity index is 696. The molecule has 0 radical (unpaired) electrons. The number of hydrogen-bond acceptors (Lipinski definition) is 4. The molecule has 0 bridgehead atoms. The number of piperidine rings is 1. The minimum absolute atomic E-state index is 0.00922. The first-order valence-corrected chi connectivity index (χ1v) is 9.88. The highest BCUT2D eigenvalue weighted by atomic mass is 16.5. The van der Waals surface area contributed by atoms with E-state index in [1.807, 2.05) is 12.1 Å². The van der Waals surface area contributed by atoms with Crippen LogP contribution < -0.4 is 5.32 Å². The summed E-state index contributed by atoms with van der Waals surface area (Å²) in [7, 11) is 0. The summed E-state index contributed by atoms with van der Waals surface area (Å²) in [6.07, 6.45) is 1.10. The normalized spacial score (nSPS) is 19.8. The summed E-state index contributed by atoms with van der Waals surface area (Å²) in [5, 5.41) is 2.54. The quantitative estimate of drug-likeness (QED) is 0.787. The van der Waals surface area contributed by atoms with Crippen molar-refractivity contribution < 1.29 is 19.1 Å². The van der Waals surface area contributed by atoms with Gasteiger partial charge in [-0.3, -0.25) is 14.4 Å². The Morgan fingerprint density at radius 3 is 2.18 bits per heavy atom. The van der Waals surface area contributed by atoms with Crippen LogP contribution in [0, 0.1) is 11.8 Å². The van der Waals surface area contributed by atoms with E-state index >= 15 is 0 Å². The van der Waals surface area contributed by atoms with Gasteiger partial charge in [-0.05, 0) is 41.4 Å². The summed E-state index contributed by atoms with van der Waals surface area (Å²) in [5.74, 6) is -0.246. The molecule has 2 unspecified atom stereocenters. The van der Waals surface area contributed by atoms with Crippen LogP contribution in [-0.4, -0.2) is 48.9 Å². The molecule has 28 heavy (non-hydrogen) atoms. The first-order valence-electron chi connectivity index (χ1n) is 9.88. The molecule has 1 fully saturated rings. The Kier molecular flexibility index (Phi) is 7.22. The molecule has 0 spiro atoms. The molecule has 1 aliphatic rings. The molecule has 2 atom stereocenters. The number of benzene rings is 1. The van der Waals surface area contributed by atoms with Gasteiger partial charge < -0.3 is 15.0 Å². The van der Waals surface area contributed by atoms with Crippen molar-refractivity contribution in [2.75, 3.05) is 26.2 Å². The Labute approximate surface area is 167 Å². The molecule has 1 heterocycles. The van der Waals surface area contributed by atoms with Crippen LogP contribution in [0.3, 0.4) is 0 Å². The number of nitrogens with zero attached hydrogens (tertiary/aromatic N) is 1. The zero-order valence-electron chi connectivity index (χ0n) is 17.6. The molecule has 1 N–H and O–H groups in total. The van der Waals surface area contributed by atoms with Gasteiger partial charge in [0, 0.05) is 18.7 Å². The van der Waals surface area contributed by atoms with Gasteiger partial charge in [0.25, 0.3) is 11.8 Å². The van der Waals surface area contributed by atoms with Crippen LogP contribution in [0.5, 0.6) is 0 Å². The zero-order chi connectivity index (χ0) is 20.9. The molecule has 6 nitrogen and oxygen atoms in total. The van der Waals surface area contributed by atoms with Gasteiger partial charge in [0.05, 0.1) is 0 Å². The van der Waals surface area contributed by atoms with Crippen LogP contribution in [0.4, 0.5) is 0 Å². The van der Waals surface area contributed by atoms with Crippen LogP contribution in [0.1, 0.15) is 57.0 Å². The van der Waals surface area contributed by atoms with Gasteiger partial charge in [-0.15, -0.1) is 0 Å². The molecule has 2 rings (SSSR count). The summed E-state index contributed by atoms with van der Waals surface area (Å²) in [6, 6.07) is 7.30. The van der Waals surface area contributed by atoms with E-state index in [0.717, 1.165) is 12.0 Å². The summed E-state index contributed by atoms with van der Waals surface area (Å²) >= 11 is 0. The minimum atomic E-state index is -0.619. The fourth-order valence-electron chi connectivity index (χ4n) is 3.53. The monoisotopic (exact) mass is 388 g/mol. The molecule has 1 aliphatic heterocycles. The third-order valence-corrected chi connectivity index (χ3v) is 4.98. The molecule has 1 aromatic rings. The SMILES string of the molecule is CC1CC(C)CN(C(=O)COC(=O)CNC(=O)c2ccc(C(C)(C)C)cc2)C1. The second-order valence-electron chi connectivity index (χ2n) is 8.92. The first-order chi connectivity index (χ1) is 13.1. The van der Waals surface area contributed by atoms with Crippen molar-refractivity contribution >= 4 is 17.8 Å². The predicted molar refractivity (Wildman–Crippen MR) is 108 cm³/mol. The number of likely N-dealkylation sites (tertiary alicyclic amines) is 1. The van der Waals surface area contributed by atoms with E-state index in [0.29, 0.717) is 30.5 Å². The van der Waals surface area contributed by atoms with Gasteiger partial charge in [0.2, 0.25) is 0 Å². The van der Waals surface area contributed by atoms with Gasteiger partial charge >= 0.3 is 5.97 Å². The molecule has 1 aromatic carbocycles. The van der Waals surface area contributed by atoms with Crippen molar-refractivity contribution in [1.82, 2.24) is 10.2 Å². The van der Waals surface area contributed by atoms with E-state index in [1.54, 1.807) is 17.0 Å². The molecule has 1 saturated heterocycles. The highest BCUT2D eigenvalue weighted by molar-refractivity contribution is 5.96. The van der Waals surface area contributed by atoms with Gasteiger partial charge in [-0.25, -0.2) is 0 Å². The van der Waals surface area contributed by atoms with Crippen molar-refractivity contribution in [3.05, 3.63) is 35.4 Å². The summed E-state index contributed by atoms with van der Waals surface area (Å²) < 4.78 is 5.03. The average molecular weight is 389 g/mol. The number of carbonyl (C=O) groups is 3. The standard InChI is InChI=1S/C22H32N2O4/c1-15-10-16(2)13-24(12-15)19(25)14-28-20(26)11-23-21(27)17-6-8-18(9-7-17)22(3,4)5/h6-9,15-16H,10-14H2,1-5H3,(H,23,27). The molecule has 0 saturated carbocycles. The lowest BCUT2D eigenvalue weighted by Crippen LogP contribution is -2.44. The number of nitrogens with one attached hydrogen (secondary N) is 1. The van der Waals surface area contributed by atoms with Crippen LogP contribution in [0.2, 0.25) is 0 Å². The van der Waals surface area contributed by atoms with E-state index in [-0.39, 0.29) is 30.4 Å². The molecular formula is C22H32N2O4. The molecule has 0 aliphatic carbocycles. The fourth-order valence-corrected chi connectivity index (χ4v) is 3.53. The molecular weight excluding hydrogens is 356 g/mol. The largest absolute Gasteiger partial charge is 0.454 e. The highest BCUT2D eigenvalue weighted by Crippen LogP contribution is 2.22. The number of rotatable bonds is 5. The van der Waals surface area contributed by atoms with E-state index in [4.69, 9.17) is 4.74 Å². The Hall–Kier alpha value is -2.37. The van der Waals surface area contributed by atoms with Gasteiger partial charge in [-0.2, -0.15) is 0 Å². The topological polar surface area (TPSA) is 75.7 Å². The third-order valence-electron chi connectivity index (χ3n) is 4.98. The summed E-state index contributed by atoms with van der Waals surface area (Å²) in [6.45, 7) is 11.4. The number of ether oxygens (including phenoxy) is 1. The molecule has 2 amide bonds. The lowest BCUT2D eigenvalue weighted by Gasteiger charge is -2.34. The van der Waals surface area contributed by atoms with E-state index in [9.17, 15) is 14.4 Å². The molecule has 6 heteroatoms. The number of hydrogen-bond donors (Lipinski definition) is 1. The average Bonchev–Trinajstić information content (AvgIpc) is 2.62. The number of amides is 2. The van der Waals surface area contributed by atoms with Crippen molar-refractivity contribution in [3.8, 4) is 0 Å². The predicted octanol–water partition coefficient (Wildman–Crippen LogP) is 2.76. The lowest BCUT2D eigenvalue weighted by molar-refractivity contribution is -0.152. The van der Waals surface area contributed by atoms with Crippen molar-refractivity contribution in [2.45, 2.75) is 46.5 Å². The maximum Gasteiger partial charge on any atom is 0.325 e. The Morgan fingerprint density at radius 1 is 1.07 bits per heavy atom. The molecule has 154 valence electrons. The smallest absolute Gasteiger partial charge is 0.325 e. The van der Waals surface area contributed by atoms with E-state index < -0.39 is 5.97 Å². The summed E-state index contributed by atoms with van der Waals surface area (Å²) in [5.41, 5.74) is 1.62. The number of carbonyl (C=O) groups excluding carboxylic acids is 3. The van der Waals surface area contributed by atoms with Crippen LogP contribution >= 0.6 is 0 Å². The lowest BCUT2D eigenvalue weighted by atomic mass is 9.87. The first kappa shape index (κ1) is 21.9. The van der Waals surface area contributed by atoms with Crippen LogP contribution in [0.25, 0.3) is 0 Å². The maximum atomic E-state index is 12.2. The Balaban J connectivity index is 1.76. The van der Waals surface area contributed by atoms with Gasteiger partial charge in [0.1, 0.15) is 6.54 Å². The second kappa shape index (κ2) is 9.22. The Morgan fingerprint density at radius 2 is 1.64 bits per heavy atom. The van der Waals surface area contributed by atoms with Crippen molar-refractivity contribution in [1.29, 1.82) is 0 Å². The molecule has 0 aromatic heterocycles. The highest BCUT2D eigenvalue weighted by Gasteiger charge is 2.26. The van der Waals surface area contributed by atoms with Crippen molar-refractivity contribution in [2.24, 2.45) is 11.8 Å². The van der Waals surface area contributed by atoms with Crippen LogP contribution in [0.15, 0.2) is 24.3 Å². The number of esters is 1. The van der Waals surface area contributed by atoms with Gasteiger partial charge in [-0.1, -0.05) is 46.8 Å². The second-order valence-corrected chi connectivity index (χ2v) is 8.92. The van der Waals surface area contributed by atoms with Crippen molar-refractivity contribution in [3.63, 3.8) is 0 Å². The third kappa shape index (κ3) is 6.36. The van der Waals surface area contributed by atoms with Crippen LogP contribution in [-0.2, 0) is 19.7 Å². The zero-order valence-corrected chi connectivity index (χ0v) is 17.6. The fraction of sp³-hybridized carbons (Fsp3) is 0.591. The minimum Gasteiger partial charge on any atom is -0.454 e. The van der Waals surface area contributed by atoms with E-state index in [2.05, 4.69) is 39.9 Å². The summed E-state index contributed by atoms with van der Waals surface area (Å²) in [4.78, 5) is 38.0. The van der Waals surface area contributed by atoms with E-state index in [1.165, 1.54) is 0 Å².